The normalized spacial score (nSPS) is 17.4. The molecule has 0 saturated heterocycles. The van der Waals surface area contributed by atoms with Crippen LogP contribution in [-0.4, -0.2) is 16.8 Å². The van der Waals surface area contributed by atoms with Crippen LogP contribution >= 0.6 is 27.5 Å². The Morgan fingerprint density at radius 1 is 1.53 bits per heavy atom. The summed E-state index contributed by atoms with van der Waals surface area (Å²) < 4.78 is 0. The molecule has 0 bridgehead atoms. The molecule has 1 fully saturated rings. The van der Waals surface area contributed by atoms with Gasteiger partial charge in [-0.3, -0.25) is 4.79 Å². The highest BCUT2D eigenvalue weighted by molar-refractivity contribution is 9.09. The second-order valence-corrected chi connectivity index (χ2v) is 5.60. The van der Waals surface area contributed by atoms with E-state index < -0.39 is 0 Å². The van der Waals surface area contributed by atoms with Crippen LogP contribution in [0.1, 0.15) is 35.2 Å². The summed E-state index contributed by atoms with van der Waals surface area (Å²) in [4.78, 5) is 12.2. The van der Waals surface area contributed by atoms with E-state index in [1.807, 2.05) is 19.1 Å². The largest absolute Gasteiger partial charge is 0.346 e. The molecule has 1 aromatic carbocycles. The van der Waals surface area contributed by atoms with Crippen LogP contribution in [0.3, 0.4) is 0 Å². The Morgan fingerprint density at radius 2 is 2.24 bits per heavy atom. The lowest BCUT2D eigenvalue weighted by Crippen LogP contribution is -2.54. The molecule has 1 amide bonds. The van der Waals surface area contributed by atoms with Gasteiger partial charge in [-0.05, 0) is 37.8 Å². The molecule has 92 valence electrons. The van der Waals surface area contributed by atoms with Crippen LogP contribution in [-0.2, 0) is 0 Å². The number of hydrogen-bond acceptors (Lipinski definition) is 1. The Hall–Kier alpha value is -0.540. The van der Waals surface area contributed by atoms with Gasteiger partial charge in [-0.25, -0.2) is 0 Å². The number of amides is 1. The summed E-state index contributed by atoms with van der Waals surface area (Å²) in [5.41, 5.74) is 1.43. The zero-order valence-corrected chi connectivity index (χ0v) is 12.1. The highest BCUT2D eigenvalue weighted by Crippen LogP contribution is 2.34. The lowest BCUT2D eigenvalue weighted by Gasteiger charge is -2.41. The Balaban J connectivity index is 2.17. The van der Waals surface area contributed by atoms with Gasteiger partial charge in [0.15, 0.2) is 0 Å². The average Bonchev–Trinajstić information content (AvgIpc) is 2.27. The van der Waals surface area contributed by atoms with Gasteiger partial charge in [0.25, 0.3) is 5.91 Å². The predicted molar refractivity (Wildman–Crippen MR) is 74.0 cm³/mol. The number of aryl methyl sites for hydroxylation is 1. The number of carbonyl (C=O) groups is 1. The maximum Gasteiger partial charge on any atom is 0.253 e. The Morgan fingerprint density at radius 3 is 2.76 bits per heavy atom. The van der Waals surface area contributed by atoms with Gasteiger partial charge < -0.3 is 5.32 Å². The van der Waals surface area contributed by atoms with Gasteiger partial charge in [0.05, 0.1) is 16.1 Å². The van der Waals surface area contributed by atoms with E-state index in [1.165, 1.54) is 6.42 Å². The van der Waals surface area contributed by atoms with Gasteiger partial charge in [0.1, 0.15) is 0 Å². The van der Waals surface area contributed by atoms with Crippen molar-refractivity contribution in [2.24, 2.45) is 0 Å². The van der Waals surface area contributed by atoms with Crippen LogP contribution in [0.5, 0.6) is 0 Å². The van der Waals surface area contributed by atoms with E-state index >= 15 is 0 Å². The van der Waals surface area contributed by atoms with Gasteiger partial charge in [-0.15, -0.1) is 0 Å². The smallest absolute Gasteiger partial charge is 0.253 e. The first-order chi connectivity index (χ1) is 8.08. The van der Waals surface area contributed by atoms with E-state index in [4.69, 9.17) is 11.6 Å². The van der Waals surface area contributed by atoms with Crippen LogP contribution in [0.25, 0.3) is 0 Å². The maximum absolute atomic E-state index is 12.2. The van der Waals surface area contributed by atoms with Crippen LogP contribution in [0.4, 0.5) is 0 Å². The summed E-state index contributed by atoms with van der Waals surface area (Å²) in [6, 6.07) is 5.53. The van der Waals surface area contributed by atoms with E-state index in [1.54, 1.807) is 6.07 Å². The number of rotatable bonds is 3. The average molecular weight is 317 g/mol. The molecule has 0 unspecified atom stereocenters. The van der Waals surface area contributed by atoms with E-state index in [9.17, 15) is 4.79 Å². The molecular formula is C13H15BrClNO. The third-order valence-corrected chi connectivity index (χ3v) is 4.96. The minimum Gasteiger partial charge on any atom is -0.346 e. The SMILES string of the molecule is Cc1cccc(C(=O)NC2(CBr)CCC2)c1Cl. The van der Waals surface area contributed by atoms with Crippen molar-refractivity contribution in [3.63, 3.8) is 0 Å². The molecule has 0 spiro atoms. The van der Waals surface area contributed by atoms with Crippen molar-refractivity contribution in [2.75, 3.05) is 5.33 Å². The number of benzene rings is 1. The van der Waals surface area contributed by atoms with Crippen molar-refractivity contribution < 1.29 is 4.79 Å². The van der Waals surface area contributed by atoms with Crippen LogP contribution in [0, 0.1) is 6.92 Å². The topological polar surface area (TPSA) is 29.1 Å². The summed E-state index contributed by atoms with van der Waals surface area (Å²) in [5, 5.41) is 4.44. The zero-order valence-electron chi connectivity index (χ0n) is 9.72. The molecule has 1 aromatic rings. The van der Waals surface area contributed by atoms with Crippen LogP contribution in [0.15, 0.2) is 18.2 Å². The Bertz CT molecular complexity index is 438. The third-order valence-electron chi connectivity index (χ3n) is 3.38. The molecule has 1 aliphatic carbocycles. The molecule has 1 saturated carbocycles. The summed E-state index contributed by atoms with van der Waals surface area (Å²) in [6.45, 7) is 1.91. The Labute approximate surface area is 115 Å². The fourth-order valence-electron chi connectivity index (χ4n) is 2.03. The molecule has 2 nitrogen and oxygen atoms in total. The highest BCUT2D eigenvalue weighted by Gasteiger charge is 2.37. The third kappa shape index (κ3) is 2.50. The lowest BCUT2D eigenvalue weighted by atomic mass is 9.78. The number of carbonyl (C=O) groups excluding carboxylic acids is 1. The quantitative estimate of drug-likeness (QED) is 0.847. The van der Waals surface area contributed by atoms with Crippen molar-refractivity contribution in [1.82, 2.24) is 5.32 Å². The van der Waals surface area contributed by atoms with Gasteiger partial charge >= 0.3 is 0 Å². The molecule has 0 aromatic heterocycles. The fraction of sp³-hybridized carbons (Fsp3) is 0.462. The standard InChI is InChI=1S/C13H15BrClNO/c1-9-4-2-5-10(11(9)15)12(17)16-13(8-14)6-3-7-13/h2,4-5H,3,6-8H2,1H3,(H,16,17). The summed E-state index contributed by atoms with van der Waals surface area (Å²) in [5.74, 6) is -0.0714. The molecule has 1 N–H and O–H groups in total. The van der Waals surface area contributed by atoms with E-state index in [0.717, 1.165) is 23.7 Å². The van der Waals surface area contributed by atoms with Gasteiger partial charge in [0.2, 0.25) is 0 Å². The fourth-order valence-corrected chi connectivity index (χ4v) is 2.94. The first kappa shape index (κ1) is 12.9. The number of hydrogen-bond donors (Lipinski definition) is 1. The minimum absolute atomic E-state index is 0.0653. The second kappa shape index (κ2) is 4.99. The molecule has 4 heteroatoms. The van der Waals surface area contributed by atoms with Crippen molar-refractivity contribution in [3.05, 3.63) is 34.3 Å². The highest BCUT2D eigenvalue weighted by atomic mass is 79.9. The summed E-state index contributed by atoms with van der Waals surface area (Å²) in [6.07, 6.45) is 3.24. The Kier molecular flexibility index (Phi) is 3.79. The lowest BCUT2D eigenvalue weighted by molar-refractivity contribution is 0.0856. The molecule has 0 radical (unpaired) electrons. The zero-order chi connectivity index (χ0) is 12.5. The minimum atomic E-state index is -0.0714. The molecule has 2 rings (SSSR count). The molecule has 0 aliphatic heterocycles. The first-order valence-corrected chi connectivity index (χ1v) is 7.21. The number of alkyl halides is 1. The number of nitrogens with one attached hydrogen (secondary N) is 1. The number of halogens is 2. The van der Waals surface area contributed by atoms with E-state index in [2.05, 4.69) is 21.2 Å². The summed E-state index contributed by atoms with van der Waals surface area (Å²) in [7, 11) is 0. The van der Waals surface area contributed by atoms with E-state index in [-0.39, 0.29) is 11.4 Å². The van der Waals surface area contributed by atoms with Gasteiger partial charge in [0, 0.05) is 5.33 Å². The maximum atomic E-state index is 12.2. The molecule has 0 atom stereocenters. The molecule has 0 heterocycles. The van der Waals surface area contributed by atoms with Gasteiger partial charge in [-0.2, -0.15) is 0 Å². The van der Waals surface area contributed by atoms with Crippen molar-refractivity contribution in [2.45, 2.75) is 31.7 Å². The predicted octanol–water partition coefficient (Wildman–Crippen LogP) is 3.70. The molecule has 1 aliphatic rings. The van der Waals surface area contributed by atoms with E-state index in [0.29, 0.717) is 10.6 Å². The van der Waals surface area contributed by atoms with Crippen LogP contribution < -0.4 is 5.32 Å². The van der Waals surface area contributed by atoms with Crippen LogP contribution in [0.2, 0.25) is 5.02 Å². The monoisotopic (exact) mass is 315 g/mol. The van der Waals surface area contributed by atoms with Crippen molar-refractivity contribution >= 4 is 33.4 Å². The van der Waals surface area contributed by atoms with Gasteiger partial charge in [-0.1, -0.05) is 39.7 Å². The van der Waals surface area contributed by atoms with Crippen molar-refractivity contribution in [1.29, 1.82) is 0 Å². The molecule has 17 heavy (non-hydrogen) atoms. The second-order valence-electron chi connectivity index (χ2n) is 4.66. The van der Waals surface area contributed by atoms with Crippen molar-refractivity contribution in [3.8, 4) is 0 Å². The molecular weight excluding hydrogens is 302 g/mol. The summed E-state index contributed by atoms with van der Waals surface area (Å²) >= 11 is 9.62. The first-order valence-electron chi connectivity index (χ1n) is 5.72.